The number of Topliss-reactive ketones (excluding diaryl/α,β-unsaturated/α-hetero) is 1. The van der Waals surface area contributed by atoms with Gasteiger partial charge >= 0.3 is 0 Å². The number of carbonyl (C=O) groups excluding carboxylic acids is 2. The molecule has 0 saturated heterocycles. The van der Waals surface area contributed by atoms with E-state index in [1.165, 1.54) is 12.1 Å². The van der Waals surface area contributed by atoms with Crippen LogP contribution in [0.4, 0.5) is 10.1 Å². The van der Waals surface area contributed by atoms with Gasteiger partial charge in [-0.15, -0.1) is 11.3 Å². The van der Waals surface area contributed by atoms with Crippen LogP contribution in [0, 0.1) is 12.7 Å². The number of rotatable bonds is 3. The van der Waals surface area contributed by atoms with Crippen molar-refractivity contribution in [2.45, 2.75) is 39.0 Å². The SMILES string of the molecule is CC1=C(C(=O)Nc2cccc(F)c2)C(c2sccc2C)C2=C(CCCC2=O)N1. The van der Waals surface area contributed by atoms with Gasteiger partial charge in [-0.2, -0.15) is 0 Å². The van der Waals surface area contributed by atoms with Crippen molar-refractivity contribution >= 4 is 28.7 Å². The first-order valence-electron chi connectivity index (χ1n) is 9.30. The van der Waals surface area contributed by atoms with Crippen molar-refractivity contribution in [3.8, 4) is 0 Å². The maximum Gasteiger partial charge on any atom is 0.254 e. The van der Waals surface area contributed by atoms with Crippen LogP contribution in [0.15, 0.2) is 58.3 Å². The zero-order chi connectivity index (χ0) is 19.8. The molecule has 4 rings (SSSR count). The van der Waals surface area contributed by atoms with Gasteiger partial charge in [0.1, 0.15) is 5.82 Å². The molecule has 2 N–H and O–H groups in total. The Morgan fingerprint density at radius 2 is 2.07 bits per heavy atom. The van der Waals surface area contributed by atoms with E-state index >= 15 is 0 Å². The molecule has 1 aliphatic carbocycles. The van der Waals surface area contributed by atoms with Crippen LogP contribution in [0.3, 0.4) is 0 Å². The molecule has 0 bridgehead atoms. The monoisotopic (exact) mass is 396 g/mol. The molecule has 1 atom stereocenters. The van der Waals surface area contributed by atoms with Crippen molar-refractivity contribution in [1.82, 2.24) is 5.32 Å². The van der Waals surface area contributed by atoms with E-state index in [9.17, 15) is 14.0 Å². The summed E-state index contributed by atoms with van der Waals surface area (Å²) in [6, 6.07) is 7.82. The van der Waals surface area contributed by atoms with E-state index in [0.29, 0.717) is 23.3 Å². The number of aryl methyl sites for hydroxylation is 1. The topological polar surface area (TPSA) is 58.2 Å². The van der Waals surface area contributed by atoms with Crippen LogP contribution in [0.5, 0.6) is 0 Å². The fourth-order valence-electron chi connectivity index (χ4n) is 3.99. The van der Waals surface area contributed by atoms with E-state index in [1.54, 1.807) is 23.5 Å². The maximum absolute atomic E-state index is 13.5. The van der Waals surface area contributed by atoms with Gasteiger partial charge in [-0.1, -0.05) is 6.07 Å². The van der Waals surface area contributed by atoms with E-state index in [2.05, 4.69) is 10.6 Å². The first-order valence-corrected chi connectivity index (χ1v) is 10.2. The van der Waals surface area contributed by atoms with Crippen LogP contribution in [0.25, 0.3) is 0 Å². The number of dihydropyridines is 1. The third-order valence-electron chi connectivity index (χ3n) is 5.27. The van der Waals surface area contributed by atoms with Crippen molar-refractivity contribution in [3.63, 3.8) is 0 Å². The predicted octanol–water partition coefficient (Wildman–Crippen LogP) is 4.80. The fourth-order valence-corrected chi connectivity index (χ4v) is 5.04. The molecular formula is C22H21FN2O2S. The number of carbonyl (C=O) groups is 2. The highest BCUT2D eigenvalue weighted by Gasteiger charge is 2.39. The van der Waals surface area contributed by atoms with E-state index < -0.39 is 11.7 Å². The molecule has 0 radical (unpaired) electrons. The lowest BCUT2D eigenvalue weighted by Crippen LogP contribution is -2.35. The van der Waals surface area contributed by atoms with Gasteiger partial charge in [0, 0.05) is 39.5 Å². The molecule has 1 aliphatic heterocycles. The molecule has 4 nitrogen and oxygen atoms in total. The molecule has 1 aromatic carbocycles. The zero-order valence-electron chi connectivity index (χ0n) is 15.8. The fraction of sp³-hybridized carbons (Fsp3) is 0.273. The second-order valence-corrected chi connectivity index (χ2v) is 8.15. The Hall–Kier alpha value is -2.73. The van der Waals surface area contributed by atoms with E-state index in [-0.39, 0.29) is 11.7 Å². The minimum atomic E-state index is -0.414. The van der Waals surface area contributed by atoms with Gasteiger partial charge in [0.05, 0.1) is 5.92 Å². The molecule has 2 aliphatic rings. The summed E-state index contributed by atoms with van der Waals surface area (Å²) in [4.78, 5) is 27.1. The number of halogens is 1. The molecular weight excluding hydrogens is 375 g/mol. The summed E-state index contributed by atoms with van der Waals surface area (Å²) in [6.45, 7) is 3.86. The molecule has 0 saturated carbocycles. The molecule has 144 valence electrons. The number of hydrogen-bond acceptors (Lipinski definition) is 4. The second kappa shape index (κ2) is 7.36. The van der Waals surface area contributed by atoms with Gasteiger partial charge in [-0.3, -0.25) is 9.59 Å². The van der Waals surface area contributed by atoms with Gasteiger partial charge in [-0.05, 0) is 61.9 Å². The summed E-state index contributed by atoms with van der Waals surface area (Å²) in [5.41, 5.74) is 4.33. The van der Waals surface area contributed by atoms with Crippen LogP contribution in [0.1, 0.15) is 42.5 Å². The van der Waals surface area contributed by atoms with Crippen molar-refractivity contribution in [3.05, 3.63) is 74.5 Å². The van der Waals surface area contributed by atoms with Crippen LogP contribution in [0.2, 0.25) is 0 Å². The number of nitrogens with one attached hydrogen (secondary N) is 2. The van der Waals surface area contributed by atoms with E-state index in [4.69, 9.17) is 0 Å². The molecule has 0 spiro atoms. The quantitative estimate of drug-likeness (QED) is 0.783. The molecule has 2 aromatic rings. The lowest BCUT2D eigenvalue weighted by molar-refractivity contribution is -0.116. The molecule has 6 heteroatoms. The van der Waals surface area contributed by atoms with Gasteiger partial charge in [0.15, 0.2) is 5.78 Å². The summed E-state index contributed by atoms with van der Waals surface area (Å²) in [6.07, 6.45) is 2.12. The standard InChI is InChI=1S/C22H21FN2O2S/c1-12-9-10-28-21(12)20-18(22(27)25-15-6-3-5-14(23)11-15)13(2)24-16-7-4-8-17(26)19(16)20/h3,5-6,9-11,20,24H,4,7-8H2,1-2H3,(H,25,27). The Labute approximate surface area is 167 Å². The highest BCUT2D eigenvalue weighted by atomic mass is 32.1. The molecule has 1 unspecified atom stereocenters. The Kier molecular flexibility index (Phi) is 4.89. The summed E-state index contributed by atoms with van der Waals surface area (Å²) in [5, 5.41) is 8.08. The Morgan fingerprint density at radius 1 is 1.25 bits per heavy atom. The third-order valence-corrected chi connectivity index (χ3v) is 6.35. The number of anilines is 1. The average Bonchev–Trinajstić information content (AvgIpc) is 3.06. The summed E-state index contributed by atoms with van der Waals surface area (Å²) in [7, 11) is 0. The highest BCUT2D eigenvalue weighted by Crippen LogP contribution is 2.45. The van der Waals surface area contributed by atoms with Gasteiger partial charge in [0.25, 0.3) is 5.91 Å². The lowest BCUT2D eigenvalue weighted by atomic mass is 9.77. The lowest BCUT2D eigenvalue weighted by Gasteiger charge is -2.34. The van der Waals surface area contributed by atoms with Crippen LogP contribution in [-0.2, 0) is 9.59 Å². The summed E-state index contributed by atoms with van der Waals surface area (Å²) in [5.74, 6) is -1.03. The predicted molar refractivity (Wildman–Crippen MR) is 109 cm³/mol. The van der Waals surface area contributed by atoms with Crippen molar-refractivity contribution < 1.29 is 14.0 Å². The van der Waals surface area contributed by atoms with E-state index in [0.717, 1.165) is 34.7 Å². The van der Waals surface area contributed by atoms with Gasteiger partial charge in [-0.25, -0.2) is 4.39 Å². The molecule has 0 fully saturated rings. The number of thiophene rings is 1. The first-order chi connectivity index (χ1) is 13.5. The van der Waals surface area contributed by atoms with Crippen LogP contribution < -0.4 is 10.6 Å². The van der Waals surface area contributed by atoms with Gasteiger partial charge < -0.3 is 10.6 Å². The molecule has 28 heavy (non-hydrogen) atoms. The van der Waals surface area contributed by atoms with E-state index in [1.807, 2.05) is 25.3 Å². The third kappa shape index (κ3) is 3.29. The second-order valence-electron chi connectivity index (χ2n) is 7.20. The number of amides is 1. The van der Waals surface area contributed by atoms with Crippen LogP contribution in [-0.4, -0.2) is 11.7 Å². The summed E-state index contributed by atoms with van der Waals surface area (Å²) < 4.78 is 13.5. The number of ketones is 1. The average molecular weight is 396 g/mol. The smallest absolute Gasteiger partial charge is 0.254 e. The maximum atomic E-state index is 13.5. The van der Waals surface area contributed by atoms with Gasteiger partial charge in [0.2, 0.25) is 0 Å². The highest BCUT2D eigenvalue weighted by molar-refractivity contribution is 7.10. The number of allylic oxidation sites excluding steroid dienone is 3. The Balaban J connectivity index is 1.79. The minimum Gasteiger partial charge on any atom is -0.362 e. The Morgan fingerprint density at radius 3 is 2.79 bits per heavy atom. The largest absolute Gasteiger partial charge is 0.362 e. The molecule has 1 amide bonds. The molecule has 2 heterocycles. The van der Waals surface area contributed by atoms with Crippen molar-refractivity contribution in [1.29, 1.82) is 0 Å². The number of benzene rings is 1. The molecule has 1 aromatic heterocycles. The number of hydrogen-bond donors (Lipinski definition) is 2. The first kappa shape index (κ1) is 18.6. The zero-order valence-corrected chi connectivity index (χ0v) is 16.6. The minimum absolute atomic E-state index is 0.0927. The van der Waals surface area contributed by atoms with Crippen molar-refractivity contribution in [2.75, 3.05) is 5.32 Å². The van der Waals surface area contributed by atoms with Crippen LogP contribution >= 0.6 is 11.3 Å². The normalized spacial score (nSPS) is 19.4. The summed E-state index contributed by atoms with van der Waals surface area (Å²) >= 11 is 1.56. The van der Waals surface area contributed by atoms with Crippen molar-refractivity contribution in [2.24, 2.45) is 0 Å². The Bertz CT molecular complexity index is 1030.